The van der Waals surface area contributed by atoms with Gasteiger partial charge in [0.25, 0.3) is 0 Å². The third kappa shape index (κ3) is 5.17. The molecule has 1 atom stereocenters. The molecule has 0 heterocycles. The Morgan fingerprint density at radius 1 is 1.58 bits per heavy atom. The summed E-state index contributed by atoms with van der Waals surface area (Å²) < 4.78 is 0. The lowest BCUT2D eigenvalue weighted by Crippen LogP contribution is -2.35. The van der Waals surface area contributed by atoms with Gasteiger partial charge in [0, 0.05) is 19.1 Å². The van der Waals surface area contributed by atoms with Crippen molar-refractivity contribution >= 4 is 0 Å². The number of hydrogen-bond donors (Lipinski definition) is 1. The molecule has 0 aliphatic heterocycles. The minimum atomic E-state index is 0.664. The summed E-state index contributed by atoms with van der Waals surface area (Å²) in [5.74, 6) is 2.56. The number of nitrogens with zero attached hydrogens (tertiary/aromatic N) is 1. The maximum absolute atomic E-state index is 5.11. The van der Waals surface area contributed by atoms with Crippen LogP contribution in [-0.2, 0) is 0 Å². The average Bonchev–Trinajstić information content (AvgIpc) is 2.10. The lowest BCUT2D eigenvalue weighted by molar-refractivity contribution is 0.253. The maximum atomic E-state index is 5.11. The summed E-state index contributed by atoms with van der Waals surface area (Å²) in [5, 5.41) is 3.17. The lowest BCUT2D eigenvalue weighted by Gasteiger charge is -2.23. The molecule has 1 N–H and O–H groups in total. The first-order valence-corrected chi connectivity index (χ1v) is 4.56. The van der Waals surface area contributed by atoms with Crippen molar-refractivity contribution in [3.63, 3.8) is 0 Å². The van der Waals surface area contributed by atoms with Crippen LogP contribution in [0.1, 0.15) is 20.3 Å². The van der Waals surface area contributed by atoms with Gasteiger partial charge in [0.15, 0.2) is 0 Å². The molecule has 0 rings (SSSR count). The molecule has 0 bridgehead atoms. The van der Waals surface area contributed by atoms with E-state index in [0.29, 0.717) is 12.6 Å². The van der Waals surface area contributed by atoms with Crippen LogP contribution in [0.15, 0.2) is 0 Å². The SMILES string of the molecule is C#CCNCCN(C)C(C)CC. The van der Waals surface area contributed by atoms with Crippen LogP contribution < -0.4 is 5.32 Å². The molecular weight excluding hydrogens is 148 g/mol. The molecule has 12 heavy (non-hydrogen) atoms. The zero-order chi connectivity index (χ0) is 9.40. The first-order chi connectivity index (χ1) is 5.72. The zero-order valence-electron chi connectivity index (χ0n) is 8.43. The number of rotatable bonds is 6. The molecule has 2 heteroatoms. The van der Waals surface area contributed by atoms with Crippen molar-refractivity contribution in [2.45, 2.75) is 26.3 Å². The molecule has 0 aliphatic rings. The van der Waals surface area contributed by atoms with Crippen molar-refractivity contribution in [1.29, 1.82) is 0 Å². The molecule has 0 aromatic heterocycles. The second-order valence-corrected chi connectivity index (χ2v) is 3.12. The fourth-order valence-corrected chi connectivity index (χ4v) is 0.948. The van der Waals surface area contributed by atoms with E-state index in [9.17, 15) is 0 Å². The van der Waals surface area contributed by atoms with E-state index in [1.54, 1.807) is 0 Å². The lowest BCUT2D eigenvalue weighted by atomic mass is 10.2. The van der Waals surface area contributed by atoms with E-state index >= 15 is 0 Å². The van der Waals surface area contributed by atoms with Crippen molar-refractivity contribution < 1.29 is 0 Å². The first kappa shape index (κ1) is 11.5. The second kappa shape index (κ2) is 7.15. The van der Waals surface area contributed by atoms with Gasteiger partial charge in [-0.3, -0.25) is 0 Å². The van der Waals surface area contributed by atoms with E-state index < -0.39 is 0 Å². The highest BCUT2D eigenvalue weighted by atomic mass is 15.1. The molecule has 0 aromatic carbocycles. The Hall–Kier alpha value is -0.520. The molecule has 70 valence electrons. The molecule has 0 aromatic rings. The van der Waals surface area contributed by atoms with Gasteiger partial charge in [0.2, 0.25) is 0 Å². The van der Waals surface area contributed by atoms with Crippen LogP contribution >= 0.6 is 0 Å². The van der Waals surface area contributed by atoms with Gasteiger partial charge in [-0.25, -0.2) is 0 Å². The van der Waals surface area contributed by atoms with Crippen LogP contribution in [0.2, 0.25) is 0 Å². The highest BCUT2D eigenvalue weighted by Crippen LogP contribution is 1.97. The van der Waals surface area contributed by atoms with Gasteiger partial charge < -0.3 is 10.2 Å². The number of hydrogen-bond acceptors (Lipinski definition) is 2. The topological polar surface area (TPSA) is 15.3 Å². The second-order valence-electron chi connectivity index (χ2n) is 3.12. The van der Waals surface area contributed by atoms with E-state index in [1.807, 2.05) is 0 Å². The van der Waals surface area contributed by atoms with E-state index in [4.69, 9.17) is 6.42 Å². The predicted octanol–water partition coefficient (Wildman–Crippen LogP) is 0.939. The maximum Gasteiger partial charge on any atom is 0.0574 e. The quantitative estimate of drug-likeness (QED) is 0.469. The summed E-state index contributed by atoms with van der Waals surface area (Å²) in [6.07, 6.45) is 6.31. The Labute approximate surface area is 76.3 Å². The van der Waals surface area contributed by atoms with Crippen LogP contribution in [0.5, 0.6) is 0 Å². The Bertz CT molecular complexity index is 137. The number of nitrogens with one attached hydrogen (secondary N) is 1. The molecule has 0 saturated carbocycles. The Balaban J connectivity index is 3.32. The van der Waals surface area contributed by atoms with E-state index in [0.717, 1.165) is 13.1 Å². The minimum absolute atomic E-state index is 0.664. The van der Waals surface area contributed by atoms with Gasteiger partial charge in [0.05, 0.1) is 6.54 Å². The summed E-state index contributed by atoms with van der Waals surface area (Å²) in [6, 6.07) is 0.664. The third-order valence-electron chi connectivity index (χ3n) is 2.21. The van der Waals surface area contributed by atoms with Crippen molar-refractivity contribution in [3.8, 4) is 12.3 Å². The van der Waals surface area contributed by atoms with Crippen molar-refractivity contribution in [1.82, 2.24) is 10.2 Å². The Kier molecular flexibility index (Phi) is 6.84. The third-order valence-corrected chi connectivity index (χ3v) is 2.21. The monoisotopic (exact) mass is 168 g/mol. The highest BCUT2D eigenvalue weighted by Gasteiger charge is 2.04. The summed E-state index contributed by atoms with van der Waals surface area (Å²) in [4.78, 5) is 2.34. The number of terminal acetylenes is 1. The van der Waals surface area contributed by atoms with Crippen LogP contribution in [0.3, 0.4) is 0 Å². The van der Waals surface area contributed by atoms with Gasteiger partial charge in [-0.1, -0.05) is 12.8 Å². The largest absolute Gasteiger partial charge is 0.305 e. The van der Waals surface area contributed by atoms with Crippen LogP contribution in [0, 0.1) is 12.3 Å². The van der Waals surface area contributed by atoms with Crippen molar-refractivity contribution in [3.05, 3.63) is 0 Å². The standard InChI is InChI=1S/C10H20N2/c1-5-7-11-8-9-12(4)10(3)6-2/h1,10-11H,6-9H2,2-4H3. The first-order valence-electron chi connectivity index (χ1n) is 4.56. The smallest absolute Gasteiger partial charge is 0.0574 e. The van der Waals surface area contributed by atoms with Crippen LogP contribution in [-0.4, -0.2) is 37.6 Å². The van der Waals surface area contributed by atoms with Crippen LogP contribution in [0.25, 0.3) is 0 Å². The predicted molar refractivity (Wildman–Crippen MR) is 54.1 cm³/mol. The normalized spacial score (nSPS) is 12.9. The molecule has 2 nitrogen and oxygen atoms in total. The van der Waals surface area contributed by atoms with Gasteiger partial charge in [-0.05, 0) is 20.4 Å². The molecule has 1 unspecified atom stereocenters. The molecule has 0 amide bonds. The highest BCUT2D eigenvalue weighted by molar-refractivity contribution is 4.86. The van der Waals surface area contributed by atoms with Gasteiger partial charge in [0.1, 0.15) is 0 Å². The van der Waals surface area contributed by atoms with Crippen molar-refractivity contribution in [2.75, 3.05) is 26.7 Å². The summed E-state index contributed by atoms with van der Waals surface area (Å²) in [7, 11) is 2.14. The van der Waals surface area contributed by atoms with Gasteiger partial charge in [-0.2, -0.15) is 0 Å². The minimum Gasteiger partial charge on any atom is -0.305 e. The molecule has 0 radical (unpaired) electrons. The summed E-state index contributed by atoms with van der Waals surface area (Å²) >= 11 is 0. The molecule has 0 spiro atoms. The van der Waals surface area contributed by atoms with E-state index in [-0.39, 0.29) is 0 Å². The van der Waals surface area contributed by atoms with Crippen LogP contribution in [0.4, 0.5) is 0 Å². The molecular formula is C10H20N2. The van der Waals surface area contributed by atoms with Crippen molar-refractivity contribution in [2.24, 2.45) is 0 Å². The molecule has 0 fully saturated rings. The summed E-state index contributed by atoms with van der Waals surface area (Å²) in [5.41, 5.74) is 0. The van der Waals surface area contributed by atoms with E-state index in [2.05, 4.69) is 37.0 Å². The summed E-state index contributed by atoms with van der Waals surface area (Å²) in [6.45, 7) is 7.16. The number of likely N-dealkylation sites (N-methyl/N-ethyl adjacent to an activating group) is 1. The fourth-order valence-electron chi connectivity index (χ4n) is 0.948. The molecule has 0 aliphatic carbocycles. The van der Waals surface area contributed by atoms with E-state index in [1.165, 1.54) is 6.42 Å². The Morgan fingerprint density at radius 2 is 2.25 bits per heavy atom. The van der Waals surface area contributed by atoms with Gasteiger partial charge >= 0.3 is 0 Å². The Morgan fingerprint density at radius 3 is 2.75 bits per heavy atom. The van der Waals surface area contributed by atoms with Gasteiger partial charge in [-0.15, -0.1) is 6.42 Å². The zero-order valence-corrected chi connectivity index (χ0v) is 8.43. The fraction of sp³-hybridized carbons (Fsp3) is 0.800. The average molecular weight is 168 g/mol. The molecule has 0 saturated heterocycles.